The van der Waals surface area contributed by atoms with Crippen LogP contribution in [-0.2, 0) is 22.4 Å². The van der Waals surface area contributed by atoms with Gasteiger partial charge in [0.15, 0.2) is 0 Å². The van der Waals surface area contributed by atoms with Gasteiger partial charge in [-0.05, 0) is 42.5 Å². The lowest BCUT2D eigenvalue weighted by Gasteiger charge is -2.16. The number of aromatic amines is 1. The second-order valence-electron chi connectivity index (χ2n) is 5.25. The van der Waals surface area contributed by atoms with Crippen LogP contribution >= 0.6 is 11.6 Å². The average Bonchev–Trinajstić information content (AvgIpc) is 2.95. The van der Waals surface area contributed by atoms with Gasteiger partial charge in [-0.15, -0.1) is 0 Å². The van der Waals surface area contributed by atoms with Crippen molar-refractivity contribution in [1.29, 1.82) is 0 Å². The smallest absolute Gasteiger partial charge is 0.308 e. The van der Waals surface area contributed by atoms with Crippen LogP contribution in [0.5, 0.6) is 0 Å². The van der Waals surface area contributed by atoms with Crippen molar-refractivity contribution in [2.45, 2.75) is 19.8 Å². The van der Waals surface area contributed by atoms with Gasteiger partial charge in [0.05, 0.1) is 13.0 Å². The Morgan fingerprint density at radius 1 is 1.47 bits per heavy atom. The minimum atomic E-state index is -0.127. The zero-order chi connectivity index (χ0) is 13.6. The fourth-order valence-corrected chi connectivity index (χ4v) is 3.18. The third kappa shape index (κ3) is 2.02. The molecule has 2 unspecified atom stereocenters. The molecule has 1 aliphatic rings. The number of ether oxygens (including phenoxy) is 1. The van der Waals surface area contributed by atoms with Crippen molar-refractivity contribution >= 4 is 28.5 Å². The fourth-order valence-electron chi connectivity index (χ4n) is 3.01. The Balaban J connectivity index is 1.93. The summed E-state index contributed by atoms with van der Waals surface area (Å²) in [4.78, 5) is 15.1. The Morgan fingerprint density at radius 3 is 3.00 bits per heavy atom. The van der Waals surface area contributed by atoms with Gasteiger partial charge in [0, 0.05) is 21.6 Å². The number of benzene rings is 1. The summed E-state index contributed by atoms with van der Waals surface area (Å²) in [6.07, 6.45) is 1.81. The summed E-state index contributed by atoms with van der Waals surface area (Å²) in [5.74, 6) is 0.120. The van der Waals surface area contributed by atoms with Crippen LogP contribution in [0.25, 0.3) is 10.9 Å². The van der Waals surface area contributed by atoms with Crippen molar-refractivity contribution in [1.82, 2.24) is 4.98 Å². The van der Waals surface area contributed by atoms with Crippen molar-refractivity contribution in [3.05, 3.63) is 34.5 Å². The van der Waals surface area contributed by atoms with E-state index in [-0.39, 0.29) is 11.9 Å². The number of rotatable bonds is 2. The highest BCUT2D eigenvalue weighted by molar-refractivity contribution is 6.31. The number of carbonyl (C=O) groups excluding carboxylic acids is 1. The van der Waals surface area contributed by atoms with E-state index in [1.54, 1.807) is 0 Å². The molecule has 0 saturated carbocycles. The van der Waals surface area contributed by atoms with Gasteiger partial charge in [-0.3, -0.25) is 4.79 Å². The predicted octanol–water partition coefficient (Wildman–Crippen LogP) is 3.35. The number of H-pyrrole nitrogens is 1. The number of hydrogen-bond donors (Lipinski definition) is 1. The first kappa shape index (κ1) is 12.5. The van der Waals surface area contributed by atoms with Crippen LogP contribution in [0.2, 0.25) is 5.02 Å². The SMILES string of the molecule is COC(=O)C(C)C1Cc2[nH]c3ccc(Cl)cc3c2C1. The first-order valence-electron chi connectivity index (χ1n) is 6.47. The molecule has 0 radical (unpaired) electrons. The van der Waals surface area contributed by atoms with Crippen LogP contribution in [0.3, 0.4) is 0 Å². The third-order valence-corrected chi connectivity index (χ3v) is 4.40. The van der Waals surface area contributed by atoms with Gasteiger partial charge in [0.2, 0.25) is 0 Å². The number of carbonyl (C=O) groups is 1. The van der Waals surface area contributed by atoms with Crippen LogP contribution < -0.4 is 0 Å². The number of nitrogens with one attached hydrogen (secondary N) is 1. The zero-order valence-electron chi connectivity index (χ0n) is 11.0. The monoisotopic (exact) mass is 277 g/mol. The molecule has 0 aliphatic heterocycles. The first-order valence-corrected chi connectivity index (χ1v) is 6.84. The van der Waals surface area contributed by atoms with E-state index in [1.807, 2.05) is 25.1 Å². The van der Waals surface area contributed by atoms with Gasteiger partial charge < -0.3 is 9.72 Å². The number of fused-ring (bicyclic) bond motifs is 3. The summed E-state index contributed by atoms with van der Waals surface area (Å²) in [5.41, 5.74) is 3.66. The summed E-state index contributed by atoms with van der Waals surface area (Å²) in [6.45, 7) is 1.94. The van der Waals surface area contributed by atoms with Crippen molar-refractivity contribution < 1.29 is 9.53 Å². The lowest BCUT2D eigenvalue weighted by Crippen LogP contribution is -2.22. The quantitative estimate of drug-likeness (QED) is 0.856. The van der Waals surface area contributed by atoms with Crippen molar-refractivity contribution in [3.8, 4) is 0 Å². The molecular formula is C15H16ClNO2. The summed E-state index contributed by atoms with van der Waals surface area (Å²) < 4.78 is 4.84. The van der Waals surface area contributed by atoms with Crippen molar-refractivity contribution in [3.63, 3.8) is 0 Å². The molecule has 1 aromatic carbocycles. The van der Waals surface area contributed by atoms with E-state index >= 15 is 0 Å². The molecule has 100 valence electrons. The van der Waals surface area contributed by atoms with Crippen LogP contribution in [0.4, 0.5) is 0 Å². The minimum Gasteiger partial charge on any atom is -0.469 e. The lowest BCUT2D eigenvalue weighted by atomic mass is 9.91. The predicted molar refractivity (Wildman–Crippen MR) is 75.4 cm³/mol. The second-order valence-corrected chi connectivity index (χ2v) is 5.69. The highest BCUT2D eigenvalue weighted by Crippen LogP contribution is 2.37. The Morgan fingerprint density at radius 2 is 2.26 bits per heavy atom. The molecule has 2 aromatic rings. The van der Waals surface area contributed by atoms with E-state index < -0.39 is 0 Å². The topological polar surface area (TPSA) is 42.1 Å². The fraction of sp³-hybridized carbons (Fsp3) is 0.400. The van der Waals surface area contributed by atoms with Gasteiger partial charge in [-0.1, -0.05) is 18.5 Å². The normalized spacial score (nSPS) is 19.4. The van der Waals surface area contributed by atoms with E-state index in [9.17, 15) is 4.79 Å². The largest absolute Gasteiger partial charge is 0.469 e. The highest BCUT2D eigenvalue weighted by Gasteiger charge is 2.32. The molecule has 3 rings (SSSR count). The molecule has 0 spiro atoms. The molecule has 19 heavy (non-hydrogen) atoms. The number of aromatic nitrogens is 1. The minimum absolute atomic E-state index is 0.0694. The molecular weight excluding hydrogens is 262 g/mol. The number of halogens is 1. The Hall–Kier alpha value is -1.48. The Bertz CT molecular complexity index is 647. The maximum atomic E-state index is 11.6. The number of methoxy groups -OCH3 is 1. The zero-order valence-corrected chi connectivity index (χ0v) is 11.8. The van der Waals surface area contributed by atoms with Gasteiger partial charge >= 0.3 is 5.97 Å². The second kappa shape index (κ2) is 4.57. The number of hydrogen-bond acceptors (Lipinski definition) is 2. The highest BCUT2D eigenvalue weighted by atomic mass is 35.5. The average molecular weight is 278 g/mol. The van der Waals surface area contributed by atoms with Crippen LogP contribution in [0.15, 0.2) is 18.2 Å². The van der Waals surface area contributed by atoms with E-state index in [1.165, 1.54) is 23.8 Å². The van der Waals surface area contributed by atoms with E-state index in [4.69, 9.17) is 16.3 Å². The lowest BCUT2D eigenvalue weighted by molar-refractivity contribution is -0.146. The van der Waals surface area contributed by atoms with E-state index in [0.29, 0.717) is 5.92 Å². The molecule has 0 fully saturated rings. The summed E-state index contributed by atoms with van der Waals surface area (Å²) in [7, 11) is 1.45. The van der Waals surface area contributed by atoms with Crippen LogP contribution in [0.1, 0.15) is 18.2 Å². The molecule has 1 aromatic heterocycles. The molecule has 0 amide bonds. The van der Waals surface area contributed by atoms with Crippen LogP contribution in [0, 0.1) is 11.8 Å². The summed E-state index contributed by atoms with van der Waals surface area (Å²) >= 11 is 6.06. The van der Waals surface area contributed by atoms with Gasteiger partial charge in [-0.2, -0.15) is 0 Å². The number of esters is 1. The molecule has 2 atom stereocenters. The first-order chi connectivity index (χ1) is 9.10. The van der Waals surface area contributed by atoms with Gasteiger partial charge in [0.25, 0.3) is 0 Å². The molecule has 1 N–H and O–H groups in total. The van der Waals surface area contributed by atoms with Crippen molar-refractivity contribution in [2.75, 3.05) is 7.11 Å². The van der Waals surface area contributed by atoms with Crippen LogP contribution in [-0.4, -0.2) is 18.1 Å². The Kier molecular flexibility index (Phi) is 3.02. The molecule has 1 aliphatic carbocycles. The van der Waals surface area contributed by atoms with Crippen molar-refractivity contribution in [2.24, 2.45) is 11.8 Å². The third-order valence-electron chi connectivity index (χ3n) is 4.17. The Labute approximate surface area is 116 Å². The van der Waals surface area contributed by atoms with Gasteiger partial charge in [-0.25, -0.2) is 0 Å². The maximum absolute atomic E-state index is 11.6. The van der Waals surface area contributed by atoms with Gasteiger partial charge in [0.1, 0.15) is 0 Å². The molecule has 4 heteroatoms. The van der Waals surface area contributed by atoms with E-state index in [0.717, 1.165) is 23.4 Å². The van der Waals surface area contributed by atoms with E-state index in [2.05, 4.69) is 4.98 Å². The molecule has 0 bridgehead atoms. The molecule has 0 saturated heterocycles. The standard InChI is InChI=1S/C15H16ClNO2/c1-8(15(18)19-2)9-5-11-12-7-10(16)3-4-13(12)17-14(11)6-9/h3-4,7-9,17H,5-6H2,1-2H3. The maximum Gasteiger partial charge on any atom is 0.308 e. The molecule has 3 nitrogen and oxygen atoms in total. The molecule has 1 heterocycles. The summed E-state index contributed by atoms with van der Waals surface area (Å²) in [6, 6.07) is 5.90. The summed E-state index contributed by atoms with van der Waals surface area (Å²) in [5, 5.41) is 1.93.